The third-order valence-corrected chi connectivity index (χ3v) is 7.36. The summed E-state index contributed by atoms with van der Waals surface area (Å²) in [6.45, 7) is 0.468. The Hall–Kier alpha value is -3.20. The molecule has 0 bridgehead atoms. The SMILES string of the molecule is O=c1c(C2=NS(=O)(=O)c3ccccc3N2)c(O)c2cccnc2n1CC1CCCCC1. The predicted molar refractivity (Wildman–Crippen MR) is 118 cm³/mol. The largest absolute Gasteiger partial charge is 0.506 e. The van der Waals surface area contributed by atoms with Crippen molar-refractivity contribution in [3.63, 3.8) is 0 Å². The van der Waals surface area contributed by atoms with Crippen molar-refractivity contribution in [1.82, 2.24) is 9.55 Å². The Labute approximate surface area is 179 Å². The molecule has 1 aromatic carbocycles. The van der Waals surface area contributed by atoms with Crippen molar-refractivity contribution in [3.8, 4) is 5.75 Å². The highest BCUT2D eigenvalue weighted by Crippen LogP contribution is 2.32. The first kappa shape index (κ1) is 19.7. The summed E-state index contributed by atoms with van der Waals surface area (Å²) in [5, 5.41) is 14.3. The molecule has 2 aliphatic rings. The van der Waals surface area contributed by atoms with Crippen LogP contribution in [0.4, 0.5) is 5.69 Å². The number of aromatic nitrogens is 2. The molecular formula is C22H22N4O4S. The van der Waals surface area contributed by atoms with Crippen LogP contribution in [0.2, 0.25) is 0 Å². The average molecular weight is 439 g/mol. The zero-order valence-corrected chi connectivity index (χ0v) is 17.6. The molecule has 1 fully saturated rings. The molecule has 2 aromatic heterocycles. The topological polar surface area (TPSA) is 114 Å². The minimum Gasteiger partial charge on any atom is -0.506 e. The number of benzene rings is 1. The molecule has 0 atom stereocenters. The fourth-order valence-corrected chi connectivity index (χ4v) is 5.62. The van der Waals surface area contributed by atoms with E-state index in [0.29, 0.717) is 29.2 Å². The van der Waals surface area contributed by atoms with Gasteiger partial charge in [0.05, 0.1) is 11.1 Å². The van der Waals surface area contributed by atoms with Crippen LogP contribution in [0.3, 0.4) is 0 Å². The van der Waals surface area contributed by atoms with Crippen molar-refractivity contribution in [2.45, 2.75) is 43.5 Å². The van der Waals surface area contributed by atoms with Crippen LogP contribution in [-0.2, 0) is 16.6 Å². The van der Waals surface area contributed by atoms with E-state index >= 15 is 0 Å². The number of aromatic hydroxyl groups is 1. The van der Waals surface area contributed by atoms with E-state index in [0.717, 1.165) is 25.7 Å². The fourth-order valence-electron chi connectivity index (χ4n) is 4.50. The minimum absolute atomic E-state index is 0.0308. The minimum atomic E-state index is -4.02. The highest BCUT2D eigenvalue weighted by atomic mass is 32.2. The quantitative estimate of drug-likeness (QED) is 0.649. The molecule has 3 aromatic rings. The number of hydrogen-bond donors (Lipinski definition) is 2. The number of nitrogens with zero attached hydrogens (tertiary/aromatic N) is 3. The van der Waals surface area contributed by atoms with Gasteiger partial charge >= 0.3 is 0 Å². The molecule has 1 aliphatic heterocycles. The number of fused-ring (bicyclic) bond motifs is 2. The van der Waals surface area contributed by atoms with Gasteiger partial charge in [-0.05, 0) is 43.0 Å². The van der Waals surface area contributed by atoms with Crippen LogP contribution in [0, 0.1) is 5.92 Å². The van der Waals surface area contributed by atoms with Gasteiger partial charge in [0.2, 0.25) is 0 Å². The Morgan fingerprint density at radius 3 is 2.68 bits per heavy atom. The normalized spacial score (nSPS) is 18.3. The van der Waals surface area contributed by atoms with E-state index in [1.54, 1.807) is 41.1 Å². The molecular weight excluding hydrogens is 416 g/mol. The number of amidine groups is 1. The monoisotopic (exact) mass is 438 g/mol. The Morgan fingerprint density at radius 1 is 1.10 bits per heavy atom. The van der Waals surface area contributed by atoms with Gasteiger partial charge in [-0.15, -0.1) is 4.40 Å². The molecule has 5 rings (SSSR count). The molecule has 0 amide bonds. The van der Waals surface area contributed by atoms with Gasteiger partial charge in [0.25, 0.3) is 15.6 Å². The van der Waals surface area contributed by atoms with E-state index < -0.39 is 15.6 Å². The molecule has 1 aliphatic carbocycles. The van der Waals surface area contributed by atoms with E-state index in [4.69, 9.17) is 0 Å². The van der Waals surface area contributed by atoms with Gasteiger partial charge in [0.15, 0.2) is 5.84 Å². The summed E-state index contributed by atoms with van der Waals surface area (Å²) in [6.07, 6.45) is 7.08. The maximum Gasteiger partial charge on any atom is 0.286 e. The van der Waals surface area contributed by atoms with E-state index in [-0.39, 0.29) is 22.0 Å². The van der Waals surface area contributed by atoms with E-state index in [1.807, 2.05) is 0 Å². The van der Waals surface area contributed by atoms with Crippen molar-refractivity contribution in [3.05, 3.63) is 58.5 Å². The first-order valence-electron chi connectivity index (χ1n) is 10.4. The number of rotatable bonds is 3. The zero-order valence-electron chi connectivity index (χ0n) is 16.8. The van der Waals surface area contributed by atoms with Crippen LogP contribution in [0.1, 0.15) is 37.7 Å². The summed E-state index contributed by atoms with van der Waals surface area (Å²) < 4.78 is 30.8. The number of para-hydroxylation sites is 1. The van der Waals surface area contributed by atoms with Gasteiger partial charge in [-0.1, -0.05) is 31.4 Å². The van der Waals surface area contributed by atoms with Crippen LogP contribution in [0.15, 0.2) is 56.7 Å². The summed E-state index contributed by atoms with van der Waals surface area (Å²) in [5.74, 6) is -0.169. The first-order chi connectivity index (χ1) is 15.0. The van der Waals surface area contributed by atoms with Gasteiger partial charge < -0.3 is 10.4 Å². The lowest BCUT2D eigenvalue weighted by atomic mass is 9.89. The lowest BCUT2D eigenvalue weighted by molar-refractivity contribution is 0.318. The van der Waals surface area contributed by atoms with Crippen molar-refractivity contribution in [2.24, 2.45) is 10.3 Å². The molecule has 160 valence electrons. The second-order valence-electron chi connectivity index (χ2n) is 8.05. The molecule has 3 heterocycles. The second kappa shape index (κ2) is 7.49. The van der Waals surface area contributed by atoms with Gasteiger partial charge in [0, 0.05) is 12.7 Å². The molecule has 1 saturated carbocycles. The third kappa shape index (κ3) is 3.38. The number of hydrogen-bond acceptors (Lipinski definition) is 6. The number of anilines is 1. The molecule has 0 saturated heterocycles. The molecule has 0 spiro atoms. The fraction of sp³-hybridized carbons (Fsp3) is 0.318. The third-order valence-electron chi connectivity index (χ3n) is 6.03. The standard InChI is InChI=1S/C22H22N4O4S/c27-19-15-9-6-12-23-21(15)26(13-14-7-2-1-3-8-14)22(28)18(19)20-24-16-10-4-5-11-17(16)31(29,30)25-20/h4-6,9-12,14,27H,1-3,7-8,13H2,(H,24,25). The Bertz CT molecular complexity index is 1370. The predicted octanol–water partition coefficient (Wildman–Crippen LogP) is 3.24. The van der Waals surface area contributed by atoms with Gasteiger partial charge in [-0.2, -0.15) is 8.42 Å². The Kier molecular flexibility index (Phi) is 4.77. The molecule has 0 unspecified atom stereocenters. The van der Waals surface area contributed by atoms with Crippen molar-refractivity contribution in [1.29, 1.82) is 0 Å². The van der Waals surface area contributed by atoms with Gasteiger partial charge in [-0.3, -0.25) is 9.36 Å². The lowest BCUT2D eigenvalue weighted by Gasteiger charge is -2.24. The first-order valence-corrected chi connectivity index (χ1v) is 11.8. The highest BCUT2D eigenvalue weighted by molar-refractivity contribution is 7.90. The lowest BCUT2D eigenvalue weighted by Crippen LogP contribution is -2.34. The van der Waals surface area contributed by atoms with Crippen molar-refractivity contribution in [2.75, 3.05) is 5.32 Å². The summed E-state index contributed by atoms with van der Waals surface area (Å²) in [6, 6.07) is 9.68. The van der Waals surface area contributed by atoms with E-state index in [2.05, 4.69) is 14.7 Å². The zero-order chi connectivity index (χ0) is 21.6. The van der Waals surface area contributed by atoms with Crippen LogP contribution in [0.5, 0.6) is 5.75 Å². The van der Waals surface area contributed by atoms with Gasteiger partial charge in [0.1, 0.15) is 21.9 Å². The summed E-state index contributed by atoms with van der Waals surface area (Å²) in [4.78, 5) is 17.9. The highest BCUT2D eigenvalue weighted by Gasteiger charge is 2.30. The Morgan fingerprint density at radius 2 is 1.87 bits per heavy atom. The number of nitrogens with one attached hydrogen (secondary N) is 1. The molecule has 31 heavy (non-hydrogen) atoms. The molecule has 9 heteroatoms. The smallest absolute Gasteiger partial charge is 0.286 e. The maximum atomic E-state index is 13.5. The molecule has 8 nitrogen and oxygen atoms in total. The van der Waals surface area contributed by atoms with Crippen LogP contribution in [-0.4, -0.2) is 28.9 Å². The van der Waals surface area contributed by atoms with Crippen LogP contribution in [0.25, 0.3) is 11.0 Å². The molecule has 2 N–H and O–H groups in total. The number of sulfonamides is 1. The maximum absolute atomic E-state index is 13.5. The number of pyridine rings is 2. The average Bonchev–Trinajstić information content (AvgIpc) is 2.77. The van der Waals surface area contributed by atoms with Crippen LogP contribution >= 0.6 is 0 Å². The summed E-state index contributed by atoms with van der Waals surface area (Å²) in [5.41, 5.74) is 0.0416. The summed E-state index contributed by atoms with van der Waals surface area (Å²) >= 11 is 0. The Balaban J connectivity index is 1.71. The van der Waals surface area contributed by atoms with E-state index in [9.17, 15) is 18.3 Å². The summed E-state index contributed by atoms with van der Waals surface area (Å²) in [7, 11) is -4.02. The van der Waals surface area contributed by atoms with Crippen molar-refractivity contribution >= 4 is 32.6 Å². The van der Waals surface area contributed by atoms with Gasteiger partial charge in [-0.25, -0.2) is 4.98 Å². The molecule has 0 radical (unpaired) electrons. The van der Waals surface area contributed by atoms with Crippen LogP contribution < -0.4 is 10.9 Å². The second-order valence-corrected chi connectivity index (χ2v) is 9.63. The van der Waals surface area contributed by atoms with E-state index in [1.165, 1.54) is 12.5 Å². The van der Waals surface area contributed by atoms with Crippen molar-refractivity contribution < 1.29 is 13.5 Å².